The highest BCUT2D eigenvalue weighted by Crippen LogP contribution is 1.55. The summed E-state index contributed by atoms with van der Waals surface area (Å²) in [6, 6.07) is 0. The molecule has 2 heteroatoms. The third-order valence-corrected chi connectivity index (χ3v) is 1.50. The van der Waals surface area contributed by atoms with E-state index in [4.69, 9.17) is 0 Å². The van der Waals surface area contributed by atoms with Crippen molar-refractivity contribution in [2.24, 2.45) is 0 Å². The van der Waals surface area contributed by atoms with E-state index in [0.29, 0.717) is 0 Å². The highest BCUT2D eigenvalue weighted by atomic mass is 32.8. The summed E-state index contributed by atoms with van der Waals surface area (Å²) in [5.41, 5.74) is 0. The van der Waals surface area contributed by atoms with E-state index >= 15 is 0 Å². The van der Waals surface area contributed by atoms with Crippen LogP contribution in [0.3, 0.4) is 0 Å². The standard InChI is InChI=1S/C3H6S2/c1-3(2)5-4/h1-2H3. The third-order valence-electron chi connectivity index (χ3n) is 0.167. The Bertz CT molecular complexity index is 65.0. The van der Waals surface area contributed by atoms with Gasteiger partial charge in [-0.2, -0.15) is 0 Å². The van der Waals surface area contributed by atoms with Gasteiger partial charge in [0.15, 0.2) is 0 Å². The SMILES string of the molecule is CC(C)=S=S. The molecule has 0 aliphatic rings. The second-order valence-corrected chi connectivity index (χ2v) is 2.47. The van der Waals surface area contributed by atoms with E-state index in [-0.39, 0.29) is 0 Å². The van der Waals surface area contributed by atoms with E-state index in [1.807, 2.05) is 13.8 Å². The van der Waals surface area contributed by atoms with Gasteiger partial charge < -0.3 is 0 Å². The van der Waals surface area contributed by atoms with Crippen LogP contribution in [0.2, 0.25) is 0 Å². The minimum Gasteiger partial charge on any atom is -0.0786 e. The summed E-state index contributed by atoms with van der Waals surface area (Å²) >= 11 is 4.56. The first-order valence-corrected chi connectivity index (χ1v) is 3.11. The Hall–Kier alpha value is 0.310. The van der Waals surface area contributed by atoms with Crippen molar-refractivity contribution in [3.63, 3.8) is 0 Å². The van der Waals surface area contributed by atoms with Gasteiger partial charge >= 0.3 is 0 Å². The largest absolute Gasteiger partial charge is 0.0786 e. The molecule has 0 atom stereocenters. The number of hydrogen-bond donors (Lipinski definition) is 0. The van der Waals surface area contributed by atoms with Crippen molar-refractivity contribution < 1.29 is 0 Å². The summed E-state index contributed by atoms with van der Waals surface area (Å²) in [6.45, 7) is 4.00. The zero-order valence-corrected chi connectivity index (χ0v) is 4.95. The lowest BCUT2D eigenvalue weighted by atomic mass is 10.6. The van der Waals surface area contributed by atoms with Crippen molar-refractivity contribution in [3.8, 4) is 0 Å². The highest BCUT2D eigenvalue weighted by Gasteiger charge is 1.59. The predicted octanol–water partition coefficient (Wildman–Crippen LogP) is 0.743. The van der Waals surface area contributed by atoms with Crippen molar-refractivity contribution in [1.29, 1.82) is 0 Å². The van der Waals surface area contributed by atoms with Crippen LogP contribution in [-0.4, -0.2) is 4.86 Å². The maximum Gasteiger partial charge on any atom is -0.0125 e. The Morgan fingerprint density at radius 3 is 1.80 bits per heavy atom. The fourth-order valence-electron chi connectivity index (χ4n) is 0. The van der Waals surface area contributed by atoms with Crippen molar-refractivity contribution in [2.75, 3.05) is 0 Å². The quantitative estimate of drug-likeness (QED) is 0.410. The van der Waals surface area contributed by atoms with Crippen LogP contribution in [-0.2, 0) is 21.1 Å². The molecule has 0 fully saturated rings. The topological polar surface area (TPSA) is 0 Å². The summed E-state index contributed by atoms with van der Waals surface area (Å²) in [5.74, 6) is 0. The summed E-state index contributed by atoms with van der Waals surface area (Å²) in [4.78, 5) is 1.24. The molecule has 0 saturated heterocycles. The Balaban J connectivity index is 3.60. The summed E-state index contributed by atoms with van der Waals surface area (Å²) in [5, 5.41) is 0. The Morgan fingerprint density at radius 2 is 1.80 bits per heavy atom. The molecule has 0 bridgehead atoms. The van der Waals surface area contributed by atoms with Crippen molar-refractivity contribution in [3.05, 3.63) is 0 Å². The van der Waals surface area contributed by atoms with Gasteiger partial charge in [0.05, 0.1) is 0 Å². The molecule has 0 N–H and O–H groups in total. The molecular weight excluding hydrogens is 100 g/mol. The molecule has 0 saturated carbocycles. The van der Waals surface area contributed by atoms with E-state index < -0.39 is 0 Å². The zero-order chi connectivity index (χ0) is 4.28. The van der Waals surface area contributed by atoms with Crippen LogP contribution in [0.1, 0.15) is 13.8 Å². The lowest BCUT2D eigenvalue weighted by Gasteiger charge is -1.65. The third kappa shape index (κ3) is 4.31. The molecule has 0 aromatic heterocycles. The van der Waals surface area contributed by atoms with Crippen molar-refractivity contribution in [1.82, 2.24) is 0 Å². The Labute approximate surface area is 40.4 Å². The normalized spacial score (nSPS) is 6.80. The molecule has 0 spiro atoms. The monoisotopic (exact) mass is 106 g/mol. The van der Waals surface area contributed by atoms with E-state index in [2.05, 4.69) is 11.2 Å². The predicted molar refractivity (Wildman–Crippen MR) is 31.1 cm³/mol. The van der Waals surface area contributed by atoms with Gasteiger partial charge in [0.1, 0.15) is 0 Å². The Kier molecular flexibility index (Phi) is 2.70. The van der Waals surface area contributed by atoms with Gasteiger partial charge in [-0.1, -0.05) is 9.91 Å². The maximum absolute atomic E-state index is 4.56. The molecule has 0 nitrogen and oxygen atoms in total. The van der Waals surface area contributed by atoms with Gasteiger partial charge in [0, 0.05) is 0 Å². The Morgan fingerprint density at radius 1 is 1.60 bits per heavy atom. The van der Waals surface area contributed by atoms with Crippen molar-refractivity contribution >= 4 is 26.0 Å². The molecule has 0 aliphatic heterocycles. The van der Waals surface area contributed by atoms with Gasteiger partial charge in [-0.05, 0) is 29.9 Å². The summed E-state index contributed by atoms with van der Waals surface area (Å²) in [7, 11) is 1.38. The van der Waals surface area contributed by atoms with E-state index in [9.17, 15) is 0 Å². The molecule has 0 aromatic rings. The smallest absolute Gasteiger partial charge is 0.0125 e. The van der Waals surface area contributed by atoms with Gasteiger partial charge in [-0.25, -0.2) is 0 Å². The molecule has 5 heavy (non-hydrogen) atoms. The van der Waals surface area contributed by atoms with Crippen LogP contribution in [0.5, 0.6) is 0 Å². The summed E-state index contributed by atoms with van der Waals surface area (Å²) in [6.07, 6.45) is 0. The zero-order valence-electron chi connectivity index (χ0n) is 3.32. The average molecular weight is 106 g/mol. The maximum atomic E-state index is 4.56. The molecule has 0 heterocycles. The number of hydrogen-bond acceptors (Lipinski definition) is 1. The second kappa shape index (κ2) is 2.54. The van der Waals surface area contributed by atoms with Crippen LogP contribution in [0, 0.1) is 0 Å². The van der Waals surface area contributed by atoms with Crippen molar-refractivity contribution in [2.45, 2.75) is 13.8 Å². The fraction of sp³-hybridized carbons (Fsp3) is 0.667. The van der Waals surface area contributed by atoms with Gasteiger partial charge in [0.2, 0.25) is 0 Å². The first-order valence-electron chi connectivity index (χ1n) is 1.37. The van der Waals surface area contributed by atoms with Crippen LogP contribution < -0.4 is 0 Å². The minimum atomic E-state index is 1.24. The molecule has 0 radical (unpaired) electrons. The first-order chi connectivity index (χ1) is 2.27. The molecule has 0 amide bonds. The van der Waals surface area contributed by atoms with Crippen LogP contribution in [0.25, 0.3) is 0 Å². The van der Waals surface area contributed by atoms with E-state index in [1.54, 1.807) is 0 Å². The van der Waals surface area contributed by atoms with Crippen LogP contribution in [0.15, 0.2) is 0 Å². The molecule has 30 valence electrons. The molecule has 0 rings (SSSR count). The molecule has 0 unspecified atom stereocenters. The molecule has 0 aromatic carbocycles. The van der Waals surface area contributed by atoms with E-state index in [1.165, 1.54) is 14.8 Å². The minimum absolute atomic E-state index is 1.24. The van der Waals surface area contributed by atoms with E-state index in [0.717, 1.165) is 0 Å². The van der Waals surface area contributed by atoms with Crippen LogP contribution in [0.4, 0.5) is 0 Å². The fourth-order valence-corrected chi connectivity index (χ4v) is 0. The second-order valence-electron chi connectivity index (χ2n) is 0.992. The van der Waals surface area contributed by atoms with Gasteiger partial charge in [0.25, 0.3) is 0 Å². The average Bonchev–Trinajstić information content (AvgIpc) is 1.38. The first kappa shape index (κ1) is 5.31. The van der Waals surface area contributed by atoms with Crippen LogP contribution >= 0.6 is 0 Å². The van der Waals surface area contributed by atoms with Gasteiger partial charge in [-0.15, -0.1) is 0 Å². The number of rotatable bonds is 0. The van der Waals surface area contributed by atoms with Gasteiger partial charge in [-0.3, -0.25) is 0 Å². The molecular formula is C3H6S2. The highest BCUT2D eigenvalue weighted by molar-refractivity contribution is 8.17. The lowest BCUT2D eigenvalue weighted by molar-refractivity contribution is 1.85. The summed E-state index contributed by atoms with van der Waals surface area (Å²) < 4.78 is 0. The lowest BCUT2D eigenvalue weighted by Crippen LogP contribution is -1.71. The molecule has 0 aliphatic carbocycles.